The number of pyridine rings is 1. The molecule has 5 rings (SSSR count). The number of aromatic amines is 1. The predicted octanol–water partition coefficient (Wildman–Crippen LogP) is 4.85. The number of hydrogen-bond donors (Lipinski definition) is 2. The van der Waals surface area contributed by atoms with Gasteiger partial charge >= 0.3 is 0 Å². The lowest BCUT2D eigenvalue weighted by Gasteiger charge is -2.09. The second-order valence-electron chi connectivity index (χ2n) is 6.34. The van der Waals surface area contributed by atoms with Crippen LogP contribution in [0.15, 0.2) is 91.1 Å². The number of H-pyrrole nitrogens is 1. The van der Waals surface area contributed by atoms with Gasteiger partial charge in [-0.3, -0.25) is 9.82 Å². The molecule has 2 aromatic carbocycles. The maximum absolute atomic E-state index is 5.83. The SMILES string of the molecule is C1=C(Oc2cnc3cc[nH]c3c2)NO[C@@H]1c1ccc(Oc2ccccc2)cc1. The van der Waals surface area contributed by atoms with Crippen molar-refractivity contribution in [2.24, 2.45) is 0 Å². The third kappa shape index (κ3) is 3.41. The number of rotatable bonds is 5. The van der Waals surface area contributed by atoms with Crippen LogP contribution < -0.4 is 15.0 Å². The summed E-state index contributed by atoms with van der Waals surface area (Å²) >= 11 is 0. The molecule has 0 amide bonds. The highest BCUT2D eigenvalue weighted by Gasteiger charge is 2.20. The van der Waals surface area contributed by atoms with E-state index in [2.05, 4.69) is 15.4 Å². The lowest BCUT2D eigenvalue weighted by Crippen LogP contribution is -2.12. The first-order valence-electron chi connectivity index (χ1n) is 8.91. The van der Waals surface area contributed by atoms with Gasteiger partial charge in [-0.05, 0) is 35.9 Å². The number of benzene rings is 2. The van der Waals surface area contributed by atoms with Gasteiger partial charge in [-0.25, -0.2) is 5.48 Å². The fraction of sp³-hybridized carbons (Fsp3) is 0.0455. The zero-order chi connectivity index (χ0) is 18.8. The van der Waals surface area contributed by atoms with Gasteiger partial charge < -0.3 is 14.5 Å². The van der Waals surface area contributed by atoms with Crippen LogP contribution in [0.1, 0.15) is 11.7 Å². The molecule has 1 aliphatic heterocycles. The van der Waals surface area contributed by atoms with E-state index in [1.807, 2.05) is 79.0 Å². The molecule has 0 bridgehead atoms. The van der Waals surface area contributed by atoms with Crippen molar-refractivity contribution in [1.29, 1.82) is 0 Å². The Morgan fingerprint density at radius 3 is 2.54 bits per heavy atom. The molecule has 4 aromatic rings. The Kier molecular flexibility index (Phi) is 4.16. The van der Waals surface area contributed by atoms with E-state index in [0.717, 1.165) is 28.1 Å². The molecule has 0 aliphatic carbocycles. The second kappa shape index (κ2) is 7.09. The molecule has 1 atom stereocenters. The van der Waals surface area contributed by atoms with Crippen LogP contribution in [0.25, 0.3) is 11.0 Å². The fourth-order valence-electron chi connectivity index (χ4n) is 2.99. The quantitative estimate of drug-likeness (QED) is 0.525. The molecule has 2 N–H and O–H groups in total. The number of nitrogens with zero attached hydrogens (tertiary/aromatic N) is 1. The maximum Gasteiger partial charge on any atom is 0.216 e. The minimum Gasteiger partial charge on any atom is -0.457 e. The molecule has 3 heterocycles. The van der Waals surface area contributed by atoms with E-state index >= 15 is 0 Å². The first-order chi connectivity index (χ1) is 13.8. The average molecular weight is 371 g/mol. The monoisotopic (exact) mass is 371 g/mol. The number of fused-ring (bicyclic) bond motifs is 1. The summed E-state index contributed by atoms with van der Waals surface area (Å²) in [7, 11) is 0. The van der Waals surface area contributed by atoms with E-state index in [1.165, 1.54) is 0 Å². The van der Waals surface area contributed by atoms with E-state index in [9.17, 15) is 0 Å². The largest absolute Gasteiger partial charge is 0.457 e. The van der Waals surface area contributed by atoms with Gasteiger partial charge in [-0.2, -0.15) is 0 Å². The molecule has 1 aliphatic rings. The Bertz CT molecular complexity index is 1120. The zero-order valence-corrected chi connectivity index (χ0v) is 14.8. The first-order valence-corrected chi connectivity index (χ1v) is 8.91. The summed E-state index contributed by atoms with van der Waals surface area (Å²) in [6.45, 7) is 0. The van der Waals surface area contributed by atoms with Crippen molar-refractivity contribution in [3.8, 4) is 17.2 Å². The summed E-state index contributed by atoms with van der Waals surface area (Å²) in [5, 5.41) is 0. The van der Waals surface area contributed by atoms with Gasteiger partial charge in [0.1, 0.15) is 23.4 Å². The summed E-state index contributed by atoms with van der Waals surface area (Å²) in [4.78, 5) is 13.1. The molecule has 6 heteroatoms. The third-order valence-corrected chi connectivity index (χ3v) is 4.38. The standard InChI is InChI=1S/C22H17N3O3/c1-2-4-16(5-3-1)26-17-8-6-15(7-9-17)21-13-22(25-28-21)27-18-12-20-19(24-14-18)10-11-23-20/h1-14,21,23,25H/t21-/m0/s1. The Hall–Kier alpha value is -3.77. The van der Waals surface area contributed by atoms with Gasteiger partial charge in [0.15, 0.2) is 0 Å². The molecule has 0 saturated carbocycles. The molecular weight excluding hydrogens is 354 g/mol. The minimum absolute atomic E-state index is 0.247. The van der Waals surface area contributed by atoms with Crippen molar-refractivity contribution in [3.05, 3.63) is 96.6 Å². The van der Waals surface area contributed by atoms with E-state index in [0.29, 0.717) is 11.6 Å². The minimum atomic E-state index is -0.247. The molecular formula is C22H17N3O3. The Morgan fingerprint density at radius 1 is 0.857 bits per heavy atom. The Labute approximate surface area is 161 Å². The molecule has 2 aromatic heterocycles. The van der Waals surface area contributed by atoms with Crippen molar-refractivity contribution in [3.63, 3.8) is 0 Å². The second-order valence-corrected chi connectivity index (χ2v) is 6.34. The highest BCUT2D eigenvalue weighted by atomic mass is 16.7. The number of para-hydroxylation sites is 1. The molecule has 138 valence electrons. The molecule has 0 radical (unpaired) electrons. The van der Waals surface area contributed by atoms with Crippen molar-refractivity contribution in [1.82, 2.24) is 15.4 Å². The number of aromatic nitrogens is 2. The predicted molar refractivity (Wildman–Crippen MR) is 105 cm³/mol. The van der Waals surface area contributed by atoms with E-state index < -0.39 is 0 Å². The molecule has 0 saturated heterocycles. The van der Waals surface area contributed by atoms with Gasteiger partial charge in [0.25, 0.3) is 0 Å². The highest BCUT2D eigenvalue weighted by molar-refractivity contribution is 5.75. The van der Waals surface area contributed by atoms with E-state index in [-0.39, 0.29) is 6.10 Å². The van der Waals surface area contributed by atoms with Gasteiger partial charge in [0.2, 0.25) is 5.88 Å². The lowest BCUT2D eigenvalue weighted by atomic mass is 10.1. The summed E-state index contributed by atoms with van der Waals surface area (Å²) in [5.74, 6) is 2.73. The van der Waals surface area contributed by atoms with Gasteiger partial charge in [0, 0.05) is 18.3 Å². The van der Waals surface area contributed by atoms with Crippen LogP contribution in [0.5, 0.6) is 17.2 Å². The normalized spacial score (nSPS) is 15.9. The van der Waals surface area contributed by atoms with Crippen LogP contribution in [0.4, 0.5) is 0 Å². The third-order valence-electron chi connectivity index (χ3n) is 4.38. The van der Waals surface area contributed by atoms with Gasteiger partial charge in [-0.1, -0.05) is 30.3 Å². The number of ether oxygens (including phenoxy) is 2. The average Bonchev–Trinajstić information content (AvgIpc) is 3.39. The zero-order valence-electron chi connectivity index (χ0n) is 14.8. The number of hydrogen-bond acceptors (Lipinski definition) is 5. The molecule has 6 nitrogen and oxygen atoms in total. The molecule has 0 fully saturated rings. The molecule has 0 unspecified atom stereocenters. The van der Waals surface area contributed by atoms with Crippen LogP contribution in [0.2, 0.25) is 0 Å². The number of nitrogens with one attached hydrogen (secondary N) is 2. The van der Waals surface area contributed by atoms with Crippen molar-refractivity contribution < 1.29 is 14.3 Å². The first kappa shape index (κ1) is 16.4. The van der Waals surface area contributed by atoms with Crippen LogP contribution in [0.3, 0.4) is 0 Å². The van der Waals surface area contributed by atoms with E-state index in [4.69, 9.17) is 14.3 Å². The molecule has 28 heavy (non-hydrogen) atoms. The fourth-order valence-corrected chi connectivity index (χ4v) is 2.99. The maximum atomic E-state index is 5.83. The Balaban J connectivity index is 1.27. The van der Waals surface area contributed by atoms with Gasteiger partial charge in [0.05, 0.1) is 17.2 Å². The van der Waals surface area contributed by atoms with Crippen LogP contribution in [0, 0.1) is 0 Å². The summed E-state index contributed by atoms with van der Waals surface area (Å²) in [6.07, 6.45) is 5.16. The summed E-state index contributed by atoms with van der Waals surface area (Å²) < 4.78 is 11.6. The lowest BCUT2D eigenvalue weighted by molar-refractivity contribution is 0.0273. The van der Waals surface area contributed by atoms with Crippen LogP contribution in [-0.2, 0) is 4.84 Å². The van der Waals surface area contributed by atoms with Gasteiger partial charge in [-0.15, -0.1) is 0 Å². The van der Waals surface area contributed by atoms with Crippen LogP contribution in [-0.4, -0.2) is 9.97 Å². The van der Waals surface area contributed by atoms with E-state index in [1.54, 1.807) is 6.20 Å². The summed E-state index contributed by atoms with van der Waals surface area (Å²) in [6, 6.07) is 21.3. The Morgan fingerprint density at radius 2 is 1.68 bits per heavy atom. The smallest absolute Gasteiger partial charge is 0.216 e. The van der Waals surface area contributed by atoms with Crippen LogP contribution >= 0.6 is 0 Å². The van der Waals surface area contributed by atoms with Crippen molar-refractivity contribution >= 4 is 11.0 Å². The summed E-state index contributed by atoms with van der Waals surface area (Å²) in [5.41, 5.74) is 5.62. The van der Waals surface area contributed by atoms with Crippen molar-refractivity contribution in [2.75, 3.05) is 0 Å². The molecule has 0 spiro atoms. The number of hydroxylamine groups is 1. The highest BCUT2D eigenvalue weighted by Crippen LogP contribution is 2.29. The topological polar surface area (TPSA) is 68.4 Å². The van der Waals surface area contributed by atoms with Crippen molar-refractivity contribution in [2.45, 2.75) is 6.10 Å².